The highest BCUT2D eigenvalue weighted by atomic mass is 35.5. The van der Waals surface area contributed by atoms with Gasteiger partial charge in [0.25, 0.3) is 0 Å². The molecule has 4 nitrogen and oxygen atoms in total. The minimum atomic E-state index is -0.00216. The molecule has 0 aliphatic carbocycles. The lowest BCUT2D eigenvalue weighted by atomic mass is 10.1. The first-order chi connectivity index (χ1) is 11.0. The van der Waals surface area contributed by atoms with Crippen LogP contribution in [0.15, 0.2) is 29.4 Å². The minimum absolute atomic E-state index is 0.00216. The van der Waals surface area contributed by atoms with Gasteiger partial charge in [0.2, 0.25) is 5.91 Å². The summed E-state index contributed by atoms with van der Waals surface area (Å²) in [6.07, 6.45) is 3.00. The third kappa shape index (κ3) is 4.94. The summed E-state index contributed by atoms with van der Waals surface area (Å²) in [6, 6.07) is 7.51. The summed E-state index contributed by atoms with van der Waals surface area (Å²) in [5.74, 6) is -0.00216. The first-order valence-corrected chi connectivity index (χ1v) is 8.99. The number of amides is 1. The topological polar surface area (TPSA) is 54.9 Å². The van der Waals surface area contributed by atoms with E-state index in [0.717, 1.165) is 27.7 Å². The van der Waals surface area contributed by atoms with Crippen LogP contribution < -0.4 is 5.32 Å². The second-order valence-corrected chi connectivity index (χ2v) is 6.41. The largest absolute Gasteiger partial charge is 0.352 e. The maximum atomic E-state index is 12.0. The van der Waals surface area contributed by atoms with Crippen LogP contribution in [0.3, 0.4) is 0 Å². The molecule has 0 spiro atoms. The third-order valence-electron chi connectivity index (χ3n) is 3.62. The van der Waals surface area contributed by atoms with Gasteiger partial charge in [0.15, 0.2) is 5.16 Å². The molecule has 0 aliphatic rings. The lowest BCUT2D eigenvalue weighted by molar-refractivity contribution is -0.121. The molecule has 2 rings (SSSR count). The molecule has 0 fully saturated rings. The van der Waals surface area contributed by atoms with Gasteiger partial charge in [0, 0.05) is 29.4 Å². The Balaban J connectivity index is 1.91. The molecule has 0 atom stereocenters. The minimum Gasteiger partial charge on any atom is -0.352 e. The van der Waals surface area contributed by atoms with Gasteiger partial charge in [0.1, 0.15) is 0 Å². The van der Waals surface area contributed by atoms with E-state index in [9.17, 15) is 4.79 Å². The molecule has 0 saturated carbocycles. The van der Waals surface area contributed by atoms with E-state index < -0.39 is 0 Å². The quantitative estimate of drug-likeness (QED) is 0.638. The van der Waals surface area contributed by atoms with E-state index in [1.807, 2.05) is 44.4 Å². The highest BCUT2D eigenvalue weighted by molar-refractivity contribution is 7.98. The fraction of sp³-hybridized carbons (Fsp3) is 0.353. The van der Waals surface area contributed by atoms with Crippen LogP contribution >= 0.6 is 23.4 Å². The zero-order valence-corrected chi connectivity index (χ0v) is 15.1. The molecule has 1 heterocycles. The van der Waals surface area contributed by atoms with Crippen LogP contribution in [0.1, 0.15) is 28.9 Å². The number of hydrogen-bond donors (Lipinski definition) is 1. The summed E-state index contributed by atoms with van der Waals surface area (Å²) < 4.78 is 0. The van der Waals surface area contributed by atoms with Gasteiger partial charge in [-0.3, -0.25) is 4.79 Å². The highest BCUT2D eigenvalue weighted by Crippen LogP contribution is 2.17. The van der Waals surface area contributed by atoms with Gasteiger partial charge in [-0.25, -0.2) is 9.97 Å². The van der Waals surface area contributed by atoms with Crippen LogP contribution in [-0.2, 0) is 17.8 Å². The first kappa shape index (κ1) is 17.8. The number of aromatic nitrogens is 2. The number of thioether (sulfide) groups is 1. The van der Waals surface area contributed by atoms with Gasteiger partial charge < -0.3 is 5.32 Å². The van der Waals surface area contributed by atoms with Gasteiger partial charge in [-0.2, -0.15) is 0 Å². The van der Waals surface area contributed by atoms with Gasteiger partial charge >= 0.3 is 0 Å². The molecule has 0 bridgehead atoms. The van der Waals surface area contributed by atoms with Crippen molar-refractivity contribution >= 4 is 29.3 Å². The Morgan fingerprint density at radius 1 is 1.22 bits per heavy atom. The van der Waals surface area contributed by atoms with Crippen molar-refractivity contribution in [2.24, 2.45) is 0 Å². The van der Waals surface area contributed by atoms with E-state index in [4.69, 9.17) is 11.6 Å². The van der Waals surface area contributed by atoms with Crippen LogP contribution in [-0.4, -0.2) is 22.1 Å². The number of aryl methyl sites for hydroxylation is 2. The molecule has 23 heavy (non-hydrogen) atoms. The summed E-state index contributed by atoms with van der Waals surface area (Å²) in [5.41, 5.74) is 3.86. The number of nitrogens with zero attached hydrogens (tertiary/aromatic N) is 2. The van der Waals surface area contributed by atoms with Crippen molar-refractivity contribution in [3.63, 3.8) is 0 Å². The summed E-state index contributed by atoms with van der Waals surface area (Å²) in [5, 5.41) is 4.34. The fourth-order valence-electron chi connectivity index (χ4n) is 2.32. The van der Waals surface area contributed by atoms with E-state index >= 15 is 0 Å². The zero-order chi connectivity index (χ0) is 16.8. The monoisotopic (exact) mass is 349 g/mol. The molecule has 0 saturated heterocycles. The van der Waals surface area contributed by atoms with Crippen LogP contribution in [0, 0.1) is 13.8 Å². The fourth-order valence-corrected chi connectivity index (χ4v) is 2.98. The van der Waals surface area contributed by atoms with Crippen LogP contribution in [0.25, 0.3) is 0 Å². The number of carbonyl (C=O) groups is 1. The predicted molar refractivity (Wildman–Crippen MR) is 94.9 cm³/mol. The average molecular weight is 350 g/mol. The third-order valence-corrected chi connectivity index (χ3v) is 4.54. The second kappa shape index (κ2) is 8.31. The Kier molecular flexibility index (Phi) is 6.42. The number of hydrogen-bond acceptors (Lipinski definition) is 4. The van der Waals surface area contributed by atoms with Crippen LogP contribution in [0.5, 0.6) is 0 Å². The summed E-state index contributed by atoms with van der Waals surface area (Å²) in [7, 11) is 0. The average Bonchev–Trinajstić information content (AvgIpc) is 2.53. The number of halogens is 1. The Hall–Kier alpha value is -1.59. The molecule has 2 aromatic rings. The molecule has 0 aliphatic heterocycles. The SMILES string of the molecule is CSc1nc(C)c(CCC(=O)NCc2ccccc2Cl)c(C)n1. The number of nitrogens with one attached hydrogen (secondary N) is 1. The molecule has 1 amide bonds. The van der Waals surface area contributed by atoms with Crippen LogP contribution in [0.4, 0.5) is 0 Å². The van der Waals surface area contributed by atoms with Gasteiger partial charge in [-0.1, -0.05) is 41.6 Å². The van der Waals surface area contributed by atoms with E-state index in [1.54, 1.807) is 0 Å². The van der Waals surface area contributed by atoms with Crippen molar-refractivity contribution in [2.45, 2.75) is 38.4 Å². The Labute approximate surface area is 146 Å². The van der Waals surface area contributed by atoms with Crippen molar-refractivity contribution in [3.8, 4) is 0 Å². The summed E-state index contributed by atoms with van der Waals surface area (Å²) >= 11 is 7.60. The van der Waals surface area contributed by atoms with Crippen molar-refractivity contribution in [2.75, 3.05) is 6.26 Å². The smallest absolute Gasteiger partial charge is 0.220 e. The first-order valence-electron chi connectivity index (χ1n) is 7.39. The molecule has 0 radical (unpaired) electrons. The van der Waals surface area contributed by atoms with Crippen molar-refractivity contribution < 1.29 is 4.79 Å². The molecule has 1 N–H and O–H groups in total. The van der Waals surface area contributed by atoms with E-state index in [2.05, 4.69) is 15.3 Å². The number of benzene rings is 1. The van der Waals surface area contributed by atoms with Gasteiger partial charge in [-0.05, 0) is 43.7 Å². The van der Waals surface area contributed by atoms with Crippen LogP contribution in [0.2, 0.25) is 5.02 Å². The predicted octanol–water partition coefficient (Wildman–Crippen LogP) is 3.72. The maximum Gasteiger partial charge on any atom is 0.220 e. The number of rotatable bonds is 6. The van der Waals surface area contributed by atoms with E-state index in [0.29, 0.717) is 24.4 Å². The summed E-state index contributed by atoms with van der Waals surface area (Å²) in [6.45, 7) is 4.37. The van der Waals surface area contributed by atoms with Gasteiger partial charge in [-0.15, -0.1) is 0 Å². The molecule has 6 heteroatoms. The maximum absolute atomic E-state index is 12.0. The molecule has 0 unspecified atom stereocenters. The van der Waals surface area contributed by atoms with Crippen molar-refractivity contribution in [1.82, 2.24) is 15.3 Å². The van der Waals surface area contributed by atoms with E-state index in [1.165, 1.54) is 11.8 Å². The molecular formula is C17H20ClN3OS. The Bertz CT molecular complexity index is 683. The zero-order valence-electron chi connectivity index (χ0n) is 13.5. The normalized spacial score (nSPS) is 10.6. The lowest BCUT2D eigenvalue weighted by Gasteiger charge is -2.10. The van der Waals surface area contributed by atoms with Crippen molar-refractivity contribution in [3.05, 3.63) is 51.8 Å². The molecular weight excluding hydrogens is 330 g/mol. The standard InChI is InChI=1S/C17H20ClN3OS/c1-11-14(12(2)21-17(20-11)23-3)8-9-16(22)19-10-13-6-4-5-7-15(13)18/h4-7H,8-10H2,1-3H3,(H,19,22). The lowest BCUT2D eigenvalue weighted by Crippen LogP contribution is -2.23. The van der Waals surface area contributed by atoms with E-state index in [-0.39, 0.29) is 5.91 Å². The van der Waals surface area contributed by atoms with Gasteiger partial charge in [0.05, 0.1) is 0 Å². The highest BCUT2D eigenvalue weighted by Gasteiger charge is 2.11. The molecule has 122 valence electrons. The molecule has 1 aromatic heterocycles. The van der Waals surface area contributed by atoms with Crippen molar-refractivity contribution in [1.29, 1.82) is 0 Å². The Morgan fingerprint density at radius 2 is 1.87 bits per heavy atom. The second-order valence-electron chi connectivity index (χ2n) is 5.23. The number of carbonyl (C=O) groups excluding carboxylic acids is 1. The Morgan fingerprint density at radius 3 is 2.48 bits per heavy atom. The molecule has 1 aromatic carbocycles. The summed E-state index contributed by atoms with van der Waals surface area (Å²) in [4.78, 5) is 20.9.